The van der Waals surface area contributed by atoms with Crippen molar-refractivity contribution in [3.8, 4) is 16.9 Å². The van der Waals surface area contributed by atoms with Crippen LogP contribution >= 0.6 is 11.6 Å². The van der Waals surface area contributed by atoms with Crippen molar-refractivity contribution >= 4 is 27.4 Å². The van der Waals surface area contributed by atoms with E-state index < -0.39 is 21.6 Å². The summed E-state index contributed by atoms with van der Waals surface area (Å²) in [5, 5.41) is 9.97. The highest BCUT2D eigenvalue weighted by molar-refractivity contribution is 7.90. The van der Waals surface area contributed by atoms with Gasteiger partial charge in [-0.2, -0.15) is 0 Å². The molecule has 0 amide bonds. The van der Waals surface area contributed by atoms with Crippen LogP contribution < -0.4 is 4.74 Å². The van der Waals surface area contributed by atoms with E-state index in [4.69, 9.17) is 20.8 Å². The summed E-state index contributed by atoms with van der Waals surface area (Å²) in [5.41, 5.74) is 1.03. The minimum Gasteiger partial charge on any atom is -0.495 e. The van der Waals surface area contributed by atoms with E-state index >= 15 is 0 Å². The summed E-state index contributed by atoms with van der Waals surface area (Å²) in [4.78, 5) is 11.9. The Balaban J connectivity index is 2.12. The Kier molecular flexibility index (Phi) is 5.25. The molecule has 6 nitrogen and oxygen atoms in total. The lowest BCUT2D eigenvalue weighted by Gasteiger charge is -2.15. The summed E-state index contributed by atoms with van der Waals surface area (Å²) in [6.07, 6.45) is 2.90. The maximum absolute atomic E-state index is 12.7. The predicted octanol–water partition coefficient (Wildman–Crippen LogP) is 4.28. The Hall–Kier alpha value is -2.77. The van der Waals surface area contributed by atoms with Crippen LogP contribution in [0, 0.1) is 0 Å². The molecule has 0 saturated carbocycles. The monoisotopic (exact) mass is 406 g/mol. The van der Waals surface area contributed by atoms with Gasteiger partial charge in [-0.05, 0) is 29.8 Å². The number of aromatic carboxylic acids is 1. The molecule has 0 spiro atoms. The summed E-state index contributed by atoms with van der Waals surface area (Å²) in [6.45, 7) is 0. The molecule has 0 saturated heterocycles. The van der Waals surface area contributed by atoms with Crippen molar-refractivity contribution < 1.29 is 27.5 Å². The van der Waals surface area contributed by atoms with Gasteiger partial charge in [-0.25, -0.2) is 13.2 Å². The smallest absolute Gasteiger partial charge is 0.339 e. The fourth-order valence-corrected chi connectivity index (χ4v) is 4.45. The summed E-state index contributed by atoms with van der Waals surface area (Å²) < 4.78 is 35.8. The van der Waals surface area contributed by atoms with Gasteiger partial charge in [0.25, 0.3) is 0 Å². The number of benzene rings is 2. The lowest BCUT2D eigenvalue weighted by atomic mass is 9.99. The van der Waals surface area contributed by atoms with Crippen LogP contribution in [0.25, 0.3) is 11.1 Å². The van der Waals surface area contributed by atoms with Gasteiger partial charge in [0, 0.05) is 16.1 Å². The number of ether oxygens (including phenoxy) is 1. The average molecular weight is 407 g/mol. The summed E-state index contributed by atoms with van der Waals surface area (Å²) in [6, 6.07) is 10.6. The lowest BCUT2D eigenvalue weighted by Crippen LogP contribution is -2.12. The van der Waals surface area contributed by atoms with Crippen LogP contribution in [0.3, 0.4) is 0 Å². The number of methoxy groups -OCH3 is 1. The van der Waals surface area contributed by atoms with E-state index in [-0.39, 0.29) is 26.8 Å². The molecule has 0 bridgehead atoms. The van der Waals surface area contributed by atoms with Gasteiger partial charge in [0.05, 0.1) is 30.3 Å². The zero-order chi connectivity index (χ0) is 19.6. The third-order valence-electron chi connectivity index (χ3n) is 3.99. The van der Waals surface area contributed by atoms with Gasteiger partial charge in [0.2, 0.25) is 0 Å². The van der Waals surface area contributed by atoms with Crippen molar-refractivity contribution in [3.05, 3.63) is 71.1 Å². The molecule has 8 heteroatoms. The summed E-state index contributed by atoms with van der Waals surface area (Å²) in [5.74, 6) is -1.71. The fourth-order valence-electron chi connectivity index (χ4n) is 2.78. The molecule has 1 aromatic heterocycles. The Labute approximate surface area is 160 Å². The maximum Gasteiger partial charge on any atom is 0.339 e. The van der Waals surface area contributed by atoms with Crippen LogP contribution in [0.1, 0.15) is 15.9 Å². The molecule has 0 aliphatic carbocycles. The molecule has 27 heavy (non-hydrogen) atoms. The number of furan rings is 1. The van der Waals surface area contributed by atoms with Gasteiger partial charge in [-0.3, -0.25) is 0 Å². The topological polar surface area (TPSA) is 93.8 Å². The van der Waals surface area contributed by atoms with Gasteiger partial charge in [0.1, 0.15) is 11.3 Å². The molecule has 0 unspecified atom stereocenters. The van der Waals surface area contributed by atoms with Crippen LogP contribution in [0.4, 0.5) is 0 Å². The molecular weight excluding hydrogens is 392 g/mol. The van der Waals surface area contributed by atoms with Crippen molar-refractivity contribution in [2.24, 2.45) is 0 Å². The number of carbonyl (C=O) groups is 1. The van der Waals surface area contributed by atoms with E-state index in [1.807, 2.05) is 0 Å². The minimum absolute atomic E-state index is 0.0178. The van der Waals surface area contributed by atoms with E-state index in [9.17, 15) is 18.3 Å². The van der Waals surface area contributed by atoms with Crippen molar-refractivity contribution in [1.29, 1.82) is 0 Å². The van der Waals surface area contributed by atoms with Crippen molar-refractivity contribution in [2.75, 3.05) is 7.11 Å². The standard InChI is InChI=1S/C19H15ClO6S/c1-25-18-16(12-7-8-26-10-12)6-5-13(17(18)19(21)22)11-27(23,24)15-4-2-3-14(20)9-15/h2-10H,11H2,1H3,(H,21,22). The number of sulfone groups is 1. The van der Waals surface area contributed by atoms with Gasteiger partial charge >= 0.3 is 5.97 Å². The largest absolute Gasteiger partial charge is 0.495 e. The molecular formula is C19H15ClO6S. The molecule has 0 atom stereocenters. The molecule has 0 aliphatic rings. The molecule has 140 valence electrons. The van der Waals surface area contributed by atoms with Crippen LogP contribution in [0.2, 0.25) is 5.02 Å². The SMILES string of the molecule is COc1c(-c2ccoc2)ccc(CS(=O)(=O)c2cccc(Cl)c2)c1C(=O)O. The normalized spacial score (nSPS) is 11.3. The third-order valence-corrected chi connectivity index (χ3v) is 5.89. The number of carboxylic acid groups (broad SMARTS) is 1. The lowest BCUT2D eigenvalue weighted by molar-refractivity contribution is 0.0692. The van der Waals surface area contributed by atoms with Gasteiger partial charge in [-0.1, -0.05) is 29.8 Å². The number of hydrogen-bond acceptors (Lipinski definition) is 5. The Morgan fingerprint density at radius 2 is 2.00 bits per heavy atom. The minimum atomic E-state index is -3.81. The van der Waals surface area contributed by atoms with Gasteiger partial charge < -0.3 is 14.3 Å². The van der Waals surface area contributed by atoms with E-state index in [1.54, 1.807) is 18.2 Å². The Bertz CT molecular complexity index is 1090. The zero-order valence-corrected chi connectivity index (χ0v) is 15.8. The van der Waals surface area contributed by atoms with E-state index in [0.717, 1.165) is 0 Å². The highest BCUT2D eigenvalue weighted by Gasteiger charge is 2.25. The van der Waals surface area contributed by atoms with E-state index in [0.29, 0.717) is 11.1 Å². The Morgan fingerprint density at radius 1 is 1.22 bits per heavy atom. The fraction of sp³-hybridized carbons (Fsp3) is 0.105. The first kappa shape index (κ1) is 19.0. The van der Waals surface area contributed by atoms with Gasteiger partial charge in [0.15, 0.2) is 9.84 Å². The zero-order valence-electron chi connectivity index (χ0n) is 14.2. The van der Waals surface area contributed by atoms with Gasteiger partial charge in [-0.15, -0.1) is 0 Å². The van der Waals surface area contributed by atoms with Crippen molar-refractivity contribution in [2.45, 2.75) is 10.6 Å². The second-order valence-electron chi connectivity index (χ2n) is 5.71. The second kappa shape index (κ2) is 7.46. The number of rotatable bonds is 6. The number of halogens is 1. The highest BCUT2D eigenvalue weighted by atomic mass is 35.5. The average Bonchev–Trinajstić information content (AvgIpc) is 3.15. The first-order valence-electron chi connectivity index (χ1n) is 7.77. The van der Waals surface area contributed by atoms with Crippen LogP contribution in [-0.4, -0.2) is 26.6 Å². The predicted molar refractivity (Wildman–Crippen MR) is 100.0 cm³/mol. The van der Waals surface area contributed by atoms with E-state index in [2.05, 4.69) is 0 Å². The van der Waals surface area contributed by atoms with Crippen LogP contribution in [-0.2, 0) is 15.6 Å². The van der Waals surface area contributed by atoms with Crippen LogP contribution in [0.5, 0.6) is 5.75 Å². The molecule has 3 aromatic rings. The van der Waals surface area contributed by atoms with Crippen molar-refractivity contribution in [1.82, 2.24) is 0 Å². The first-order chi connectivity index (χ1) is 12.8. The quantitative estimate of drug-likeness (QED) is 0.656. The molecule has 1 N–H and O–H groups in total. The summed E-state index contributed by atoms with van der Waals surface area (Å²) in [7, 11) is -2.47. The first-order valence-corrected chi connectivity index (χ1v) is 9.80. The van der Waals surface area contributed by atoms with E-state index in [1.165, 1.54) is 43.9 Å². The molecule has 1 heterocycles. The molecule has 3 rings (SSSR count). The van der Waals surface area contributed by atoms with Crippen molar-refractivity contribution in [3.63, 3.8) is 0 Å². The number of carboxylic acids is 1. The molecule has 0 radical (unpaired) electrons. The van der Waals surface area contributed by atoms with Crippen LogP contribution in [0.15, 0.2) is 64.3 Å². The Morgan fingerprint density at radius 3 is 2.59 bits per heavy atom. The summed E-state index contributed by atoms with van der Waals surface area (Å²) >= 11 is 5.87. The molecule has 0 fully saturated rings. The third kappa shape index (κ3) is 3.84. The maximum atomic E-state index is 12.7. The molecule has 2 aromatic carbocycles. The molecule has 0 aliphatic heterocycles. The number of hydrogen-bond donors (Lipinski definition) is 1. The highest BCUT2D eigenvalue weighted by Crippen LogP contribution is 2.36. The second-order valence-corrected chi connectivity index (χ2v) is 8.14.